The highest BCUT2D eigenvalue weighted by Crippen LogP contribution is 2.37. The highest BCUT2D eigenvalue weighted by atomic mass is 79.9. The Balaban J connectivity index is 3.35. The molecule has 1 aromatic rings. The van der Waals surface area contributed by atoms with Crippen molar-refractivity contribution >= 4 is 21.9 Å². The molecule has 0 spiro atoms. The number of alkyl halides is 1. The van der Waals surface area contributed by atoms with Crippen molar-refractivity contribution in [2.24, 2.45) is 0 Å². The van der Waals surface area contributed by atoms with E-state index < -0.39 is 16.6 Å². The summed E-state index contributed by atoms with van der Waals surface area (Å²) in [7, 11) is 1.38. The molecule has 0 heterocycles. The Morgan fingerprint density at radius 1 is 1.40 bits per heavy atom. The third-order valence-electron chi connectivity index (χ3n) is 2.91. The highest BCUT2D eigenvalue weighted by Gasteiger charge is 2.27. The van der Waals surface area contributed by atoms with Crippen LogP contribution in [0.25, 0.3) is 0 Å². The highest BCUT2D eigenvalue weighted by molar-refractivity contribution is 9.09. The summed E-state index contributed by atoms with van der Waals surface area (Å²) in [6.45, 7) is 7.93. The summed E-state index contributed by atoms with van der Waals surface area (Å²) in [5.41, 5.74) is 0.999. The Morgan fingerprint density at radius 2 is 2.00 bits per heavy atom. The maximum atomic E-state index is 14.2. The van der Waals surface area contributed by atoms with Crippen molar-refractivity contribution in [1.29, 1.82) is 0 Å². The van der Waals surface area contributed by atoms with Gasteiger partial charge in [-0.25, -0.2) is 4.39 Å². The van der Waals surface area contributed by atoms with Gasteiger partial charge in [-0.05, 0) is 30.0 Å². The van der Waals surface area contributed by atoms with Crippen molar-refractivity contribution in [2.45, 2.75) is 37.9 Å². The lowest BCUT2D eigenvalue weighted by molar-refractivity contribution is -0.142. The van der Waals surface area contributed by atoms with Crippen molar-refractivity contribution in [3.63, 3.8) is 0 Å². The Morgan fingerprint density at radius 3 is 2.45 bits per heavy atom. The fourth-order valence-electron chi connectivity index (χ4n) is 1.79. The van der Waals surface area contributed by atoms with Gasteiger partial charge in [-0.2, -0.15) is 0 Å². The molecule has 0 saturated heterocycles. The van der Waals surface area contributed by atoms with Gasteiger partial charge < -0.3 is 9.47 Å². The lowest BCUT2D eigenvalue weighted by Crippen LogP contribution is -2.16. The smallest absolute Gasteiger partial charge is 0.324 e. The minimum atomic E-state index is -0.755. The first-order valence-corrected chi connectivity index (χ1v) is 7.32. The van der Waals surface area contributed by atoms with Crippen LogP contribution in [0.3, 0.4) is 0 Å². The second-order valence-electron chi connectivity index (χ2n) is 5.45. The van der Waals surface area contributed by atoms with E-state index in [0.29, 0.717) is 5.56 Å². The van der Waals surface area contributed by atoms with Gasteiger partial charge in [0.05, 0.1) is 13.7 Å². The van der Waals surface area contributed by atoms with Gasteiger partial charge in [0, 0.05) is 5.56 Å². The van der Waals surface area contributed by atoms with Crippen LogP contribution in [-0.2, 0) is 14.9 Å². The zero-order chi connectivity index (χ0) is 15.5. The molecule has 1 aromatic carbocycles. The third kappa shape index (κ3) is 3.72. The van der Waals surface area contributed by atoms with E-state index >= 15 is 0 Å². The number of halogens is 2. The van der Waals surface area contributed by atoms with Crippen LogP contribution < -0.4 is 4.74 Å². The number of methoxy groups -OCH3 is 1. The molecule has 0 aliphatic carbocycles. The molecule has 0 fully saturated rings. The first-order valence-electron chi connectivity index (χ1n) is 6.41. The van der Waals surface area contributed by atoms with E-state index in [-0.39, 0.29) is 17.8 Å². The Labute approximate surface area is 127 Å². The average molecular weight is 347 g/mol. The number of carbonyl (C=O) groups is 1. The molecule has 0 aliphatic rings. The van der Waals surface area contributed by atoms with Crippen LogP contribution in [-0.4, -0.2) is 19.7 Å². The molecule has 0 N–H and O–H groups in total. The Hall–Kier alpha value is -1.10. The molecule has 0 amide bonds. The molecule has 20 heavy (non-hydrogen) atoms. The Bertz CT molecular complexity index is 495. The molecule has 112 valence electrons. The third-order valence-corrected chi connectivity index (χ3v) is 3.78. The van der Waals surface area contributed by atoms with Gasteiger partial charge in [-0.15, -0.1) is 0 Å². The summed E-state index contributed by atoms with van der Waals surface area (Å²) in [6, 6.07) is 3.21. The van der Waals surface area contributed by atoms with Crippen molar-refractivity contribution in [3.05, 3.63) is 29.1 Å². The van der Waals surface area contributed by atoms with E-state index in [1.165, 1.54) is 13.2 Å². The fraction of sp³-hybridized carbons (Fsp3) is 0.533. The summed E-state index contributed by atoms with van der Waals surface area (Å²) >= 11 is 3.26. The van der Waals surface area contributed by atoms with Crippen molar-refractivity contribution in [2.75, 3.05) is 13.7 Å². The van der Waals surface area contributed by atoms with Gasteiger partial charge in [-0.1, -0.05) is 36.7 Å². The SMILES string of the molecule is CCOC(=O)C(Br)c1cc(C(C)(C)C)cc(F)c1OC. The Kier molecular flexibility index (Phi) is 5.57. The molecule has 0 bridgehead atoms. The summed E-state index contributed by atoms with van der Waals surface area (Å²) < 4.78 is 24.2. The minimum Gasteiger partial charge on any atom is -0.493 e. The van der Waals surface area contributed by atoms with Crippen LogP contribution in [0.4, 0.5) is 4.39 Å². The van der Waals surface area contributed by atoms with E-state index in [1.54, 1.807) is 13.0 Å². The quantitative estimate of drug-likeness (QED) is 0.607. The fourth-order valence-corrected chi connectivity index (χ4v) is 2.27. The number of hydrogen-bond donors (Lipinski definition) is 0. The van der Waals surface area contributed by atoms with Crippen LogP contribution in [0.5, 0.6) is 5.75 Å². The second-order valence-corrected chi connectivity index (χ2v) is 6.36. The molecule has 5 heteroatoms. The van der Waals surface area contributed by atoms with Crippen molar-refractivity contribution in [3.8, 4) is 5.75 Å². The van der Waals surface area contributed by atoms with E-state index in [4.69, 9.17) is 9.47 Å². The van der Waals surface area contributed by atoms with Gasteiger partial charge in [-0.3, -0.25) is 4.79 Å². The number of hydrogen-bond acceptors (Lipinski definition) is 3. The first kappa shape index (κ1) is 17.0. The number of rotatable bonds is 4. The van der Waals surface area contributed by atoms with Gasteiger partial charge in [0.25, 0.3) is 0 Å². The summed E-state index contributed by atoms with van der Waals surface area (Å²) in [5, 5.41) is 0. The topological polar surface area (TPSA) is 35.5 Å². The maximum Gasteiger partial charge on any atom is 0.324 e. The van der Waals surface area contributed by atoms with Crippen LogP contribution in [0, 0.1) is 5.82 Å². The predicted octanol–water partition coefficient (Wildman–Crippen LogP) is 4.13. The van der Waals surface area contributed by atoms with Crippen molar-refractivity contribution in [1.82, 2.24) is 0 Å². The minimum absolute atomic E-state index is 0.0629. The van der Waals surface area contributed by atoms with Gasteiger partial charge in [0.2, 0.25) is 0 Å². The van der Waals surface area contributed by atoms with E-state index in [1.807, 2.05) is 20.8 Å². The molecule has 1 atom stereocenters. The van der Waals surface area contributed by atoms with Gasteiger partial charge in [0.15, 0.2) is 11.6 Å². The zero-order valence-corrected chi connectivity index (χ0v) is 14.0. The van der Waals surface area contributed by atoms with Gasteiger partial charge in [0.1, 0.15) is 4.83 Å². The summed E-state index contributed by atoms with van der Waals surface area (Å²) in [4.78, 5) is 11.1. The number of ether oxygens (including phenoxy) is 2. The molecular formula is C15H20BrFO3. The molecule has 1 rings (SSSR count). The molecule has 3 nitrogen and oxygen atoms in total. The normalized spacial score (nSPS) is 12.9. The number of esters is 1. The second kappa shape index (κ2) is 6.57. The monoisotopic (exact) mass is 346 g/mol. The van der Waals surface area contributed by atoms with Crippen LogP contribution in [0.1, 0.15) is 43.6 Å². The average Bonchev–Trinajstić information content (AvgIpc) is 2.36. The lowest BCUT2D eigenvalue weighted by atomic mass is 9.85. The molecular weight excluding hydrogens is 327 g/mol. The molecule has 0 aromatic heterocycles. The van der Waals surface area contributed by atoms with E-state index in [9.17, 15) is 9.18 Å². The molecule has 0 saturated carbocycles. The largest absolute Gasteiger partial charge is 0.493 e. The molecule has 1 unspecified atom stereocenters. The van der Waals surface area contributed by atoms with Crippen LogP contribution >= 0.6 is 15.9 Å². The number of carbonyl (C=O) groups excluding carboxylic acids is 1. The molecule has 0 aliphatic heterocycles. The maximum absolute atomic E-state index is 14.2. The first-order chi connectivity index (χ1) is 9.22. The standard InChI is InChI=1S/C15H20BrFO3/c1-6-20-14(18)12(16)10-7-9(15(2,3)4)8-11(17)13(10)19-5/h7-8,12H,6H2,1-5H3. The summed E-state index contributed by atoms with van der Waals surface area (Å²) in [5.74, 6) is -0.882. The predicted molar refractivity (Wildman–Crippen MR) is 80.0 cm³/mol. The van der Waals surface area contributed by atoms with Gasteiger partial charge >= 0.3 is 5.97 Å². The zero-order valence-electron chi connectivity index (χ0n) is 12.4. The van der Waals surface area contributed by atoms with Crippen molar-refractivity contribution < 1.29 is 18.7 Å². The van der Waals surface area contributed by atoms with E-state index in [2.05, 4.69) is 15.9 Å². The lowest BCUT2D eigenvalue weighted by Gasteiger charge is -2.22. The van der Waals surface area contributed by atoms with E-state index in [0.717, 1.165) is 5.56 Å². The van der Waals surface area contributed by atoms with Crippen LogP contribution in [0.2, 0.25) is 0 Å². The molecule has 0 radical (unpaired) electrons. The number of benzene rings is 1. The summed E-state index contributed by atoms with van der Waals surface area (Å²) in [6.07, 6.45) is 0. The van der Waals surface area contributed by atoms with Crippen LogP contribution in [0.15, 0.2) is 12.1 Å².